The van der Waals surface area contributed by atoms with Crippen LogP contribution in [0.15, 0.2) is 10.1 Å². The zero-order valence-corrected chi connectivity index (χ0v) is 4.41. The number of hydrogen-bond donors (Lipinski definition) is 1. The standard InChI is InChI=1S/C5H7N3/c1-4-2-7-8-5(4)3-6-1/h2-5,8H,1H2. The molecule has 0 aromatic carbocycles. The summed E-state index contributed by atoms with van der Waals surface area (Å²) >= 11 is 0. The lowest BCUT2D eigenvalue weighted by Crippen LogP contribution is -2.25. The van der Waals surface area contributed by atoms with Crippen LogP contribution in [-0.4, -0.2) is 25.0 Å². The van der Waals surface area contributed by atoms with Crippen molar-refractivity contribution >= 4 is 12.4 Å². The fourth-order valence-corrected chi connectivity index (χ4v) is 1.01. The van der Waals surface area contributed by atoms with Gasteiger partial charge >= 0.3 is 0 Å². The van der Waals surface area contributed by atoms with Crippen LogP contribution < -0.4 is 5.43 Å². The van der Waals surface area contributed by atoms with Crippen LogP contribution in [0.5, 0.6) is 0 Å². The molecule has 0 aliphatic carbocycles. The molecule has 8 heavy (non-hydrogen) atoms. The minimum atomic E-state index is 0.412. The van der Waals surface area contributed by atoms with Gasteiger partial charge in [-0.1, -0.05) is 0 Å². The summed E-state index contributed by atoms with van der Waals surface area (Å²) in [6.07, 6.45) is 3.86. The topological polar surface area (TPSA) is 36.8 Å². The molecule has 0 spiro atoms. The molecule has 0 radical (unpaired) electrons. The van der Waals surface area contributed by atoms with Crippen LogP contribution in [0.4, 0.5) is 0 Å². The summed E-state index contributed by atoms with van der Waals surface area (Å²) in [4.78, 5) is 4.09. The Balaban J connectivity index is 2.20. The van der Waals surface area contributed by atoms with Crippen LogP contribution in [0.25, 0.3) is 0 Å². The third kappa shape index (κ3) is 0.384. The minimum Gasteiger partial charge on any atom is -0.301 e. The average Bonchev–Trinajstić information content (AvgIpc) is 2.15. The highest BCUT2D eigenvalue weighted by Gasteiger charge is 2.25. The maximum absolute atomic E-state index is 4.09. The summed E-state index contributed by atoms with van der Waals surface area (Å²) < 4.78 is 0. The Kier molecular flexibility index (Phi) is 0.664. The van der Waals surface area contributed by atoms with Gasteiger partial charge in [0.25, 0.3) is 0 Å². The lowest BCUT2D eigenvalue weighted by atomic mass is 10.1. The van der Waals surface area contributed by atoms with Gasteiger partial charge in [-0.15, -0.1) is 0 Å². The maximum Gasteiger partial charge on any atom is 0.0882 e. The second kappa shape index (κ2) is 1.31. The van der Waals surface area contributed by atoms with E-state index in [4.69, 9.17) is 0 Å². The molecule has 0 aromatic heterocycles. The molecule has 1 N–H and O–H groups in total. The van der Waals surface area contributed by atoms with Crippen molar-refractivity contribution < 1.29 is 0 Å². The fourth-order valence-electron chi connectivity index (χ4n) is 1.01. The summed E-state index contributed by atoms with van der Waals surface area (Å²) in [6, 6.07) is 0.412. The highest BCUT2D eigenvalue weighted by molar-refractivity contribution is 5.79. The molecule has 0 saturated carbocycles. The van der Waals surface area contributed by atoms with Crippen LogP contribution in [0.2, 0.25) is 0 Å². The Hall–Kier alpha value is -0.860. The fraction of sp³-hybridized carbons (Fsp3) is 0.600. The quantitative estimate of drug-likeness (QED) is 0.453. The van der Waals surface area contributed by atoms with E-state index in [1.54, 1.807) is 0 Å². The first-order valence-corrected chi connectivity index (χ1v) is 2.75. The van der Waals surface area contributed by atoms with Crippen molar-refractivity contribution in [2.24, 2.45) is 16.0 Å². The van der Waals surface area contributed by atoms with E-state index in [-0.39, 0.29) is 0 Å². The lowest BCUT2D eigenvalue weighted by molar-refractivity contribution is 0.636. The normalized spacial score (nSPS) is 40.0. The van der Waals surface area contributed by atoms with E-state index in [1.807, 2.05) is 12.4 Å². The van der Waals surface area contributed by atoms with E-state index < -0.39 is 0 Å². The monoisotopic (exact) mass is 109 g/mol. The zero-order valence-electron chi connectivity index (χ0n) is 4.41. The lowest BCUT2D eigenvalue weighted by Gasteiger charge is -2.01. The van der Waals surface area contributed by atoms with Gasteiger partial charge in [-0.2, -0.15) is 5.10 Å². The molecule has 2 aliphatic heterocycles. The Morgan fingerprint density at radius 1 is 1.50 bits per heavy atom. The van der Waals surface area contributed by atoms with Crippen molar-refractivity contribution in [3.63, 3.8) is 0 Å². The molecule has 2 unspecified atom stereocenters. The van der Waals surface area contributed by atoms with Crippen LogP contribution in [0.1, 0.15) is 0 Å². The molecule has 0 bridgehead atoms. The molecule has 42 valence electrons. The van der Waals surface area contributed by atoms with Crippen molar-refractivity contribution in [1.29, 1.82) is 0 Å². The third-order valence-corrected chi connectivity index (χ3v) is 1.53. The summed E-state index contributed by atoms with van der Waals surface area (Å²) in [6.45, 7) is 0.918. The van der Waals surface area contributed by atoms with E-state index in [0.717, 1.165) is 6.54 Å². The van der Waals surface area contributed by atoms with Gasteiger partial charge < -0.3 is 5.43 Å². The number of fused-ring (bicyclic) bond motifs is 1. The van der Waals surface area contributed by atoms with Crippen LogP contribution in [0, 0.1) is 5.92 Å². The summed E-state index contributed by atoms with van der Waals surface area (Å²) in [5, 5.41) is 3.90. The largest absolute Gasteiger partial charge is 0.301 e. The van der Waals surface area contributed by atoms with Crippen LogP contribution >= 0.6 is 0 Å². The zero-order chi connectivity index (χ0) is 5.40. The Labute approximate surface area is 47.5 Å². The van der Waals surface area contributed by atoms with Gasteiger partial charge in [-0.3, -0.25) is 4.99 Å². The van der Waals surface area contributed by atoms with Gasteiger partial charge in [0.05, 0.1) is 6.04 Å². The van der Waals surface area contributed by atoms with Gasteiger partial charge in [0.1, 0.15) is 0 Å². The van der Waals surface area contributed by atoms with Crippen molar-refractivity contribution in [3.8, 4) is 0 Å². The first-order valence-electron chi connectivity index (χ1n) is 2.75. The Morgan fingerprint density at radius 3 is 3.38 bits per heavy atom. The first-order chi connectivity index (χ1) is 3.97. The summed E-state index contributed by atoms with van der Waals surface area (Å²) in [5.74, 6) is 0.551. The van der Waals surface area contributed by atoms with E-state index in [2.05, 4.69) is 15.5 Å². The van der Waals surface area contributed by atoms with Gasteiger partial charge in [0.15, 0.2) is 0 Å². The van der Waals surface area contributed by atoms with Gasteiger partial charge in [0, 0.05) is 24.9 Å². The molecule has 0 aromatic rings. The second-order valence-electron chi connectivity index (χ2n) is 2.11. The Morgan fingerprint density at radius 2 is 2.50 bits per heavy atom. The molecule has 2 rings (SSSR count). The predicted molar refractivity (Wildman–Crippen MR) is 32.3 cm³/mol. The van der Waals surface area contributed by atoms with Crippen molar-refractivity contribution in [3.05, 3.63) is 0 Å². The molecule has 3 heteroatoms. The number of nitrogens with one attached hydrogen (secondary N) is 1. The van der Waals surface area contributed by atoms with Gasteiger partial charge in [-0.05, 0) is 0 Å². The molecule has 2 heterocycles. The molecular weight excluding hydrogens is 102 g/mol. The SMILES string of the molecule is C1=NCC2C=NNC12. The number of hydrazone groups is 1. The number of nitrogens with zero attached hydrogens (tertiary/aromatic N) is 2. The highest BCUT2D eigenvalue weighted by atomic mass is 15.3. The summed E-state index contributed by atoms with van der Waals surface area (Å²) in [7, 11) is 0. The number of rotatable bonds is 0. The molecule has 0 saturated heterocycles. The van der Waals surface area contributed by atoms with Gasteiger partial charge in [-0.25, -0.2) is 0 Å². The van der Waals surface area contributed by atoms with Crippen molar-refractivity contribution in [2.75, 3.05) is 6.54 Å². The Bertz CT molecular complexity index is 132. The number of aliphatic imine (C=N–C) groups is 1. The van der Waals surface area contributed by atoms with Crippen molar-refractivity contribution in [2.45, 2.75) is 6.04 Å². The highest BCUT2D eigenvalue weighted by Crippen LogP contribution is 2.10. The molecule has 3 nitrogen and oxygen atoms in total. The van der Waals surface area contributed by atoms with Crippen LogP contribution in [-0.2, 0) is 0 Å². The third-order valence-electron chi connectivity index (χ3n) is 1.53. The average molecular weight is 109 g/mol. The van der Waals surface area contributed by atoms with Crippen molar-refractivity contribution in [1.82, 2.24) is 5.43 Å². The second-order valence-corrected chi connectivity index (χ2v) is 2.11. The van der Waals surface area contributed by atoms with Crippen LogP contribution in [0.3, 0.4) is 0 Å². The van der Waals surface area contributed by atoms with E-state index >= 15 is 0 Å². The predicted octanol–water partition coefficient (Wildman–Crippen LogP) is -0.355. The molecule has 0 fully saturated rings. The van der Waals surface area contributed by atoms with E-state index in [0.29, 0.717) is 12.0 Å². The van der Waals surface area contributed by atoms with E-state index in [1.165, 1.54) is 0 Å². The minimum absolute atomic E-state index is 0.412. The smallest absolute Gasteiger partial charge is 0.0882 e. The van der Waals surface area contributed by atoms with E-state index in [9.17, 15) is 0 Å². The molecular formula is C5H7N3. The number of hydrogen-bond acceptors (Lipinski definition) is 3. The summed E-state index contributed by atoms with van der Waals surface area (Å²) in [5.41, 5.74) is 2.94. The van der Waals surface area contributed by atoms with Gasteiger partial charge in [0.2, 0.25) is 0 Å². The maximum atomic E-state index is 4.09. The molecule has 2 aliphatic rings. The first kappa shape index (κ1) is 4.06. The molecule has 0 amide bonds. The molecule has 2 atom stereocenters.